The van der Waals surface area contributed by atoms with Crippen LogP contribution in [0.25, 0.3) is 6.08 Å². The molecule has 0 saturated heterocycles. The molecule has 0 spiro atoms. The second-order valence-electron chi connectivity index (χ2n) is 6.77. The quantitative estimate of drug-likeness (QED) is 0.335. The summed E-state index contributed by atoms with van der Waals surface area (Å²) in [5.41, 5.74) is 1.34. The summed E-state index contributed by atoms with van der Waals surface area (Å²) in [6, 6.07) is 15.9. The molecule has 0 atom stereocenters. The van der Waals surface area contributed by atoms with Crippen molar-refractivity contribution in [3.63, 3.8) is 0 Å². The molecule has 0 aliphatic carbocycles. The smallest absolute Gasteiger partial charge is 0.262 e. The molecule has 6 nitrogen and oxygen atoms in total. The number of halogens is 2. The van der Waals surface area contributed by atoms with Gasteiger partial charge >= 0.3 is 0 Å². The van der Waals surface area contributed by atoms with Crippen LogP contribution in [0.2, 0.25) is 5.02 Å². The molecule has 3 aromatic carbocycles. The summed E-state index contributed by atoms with van der Waals surface area (Å²) in [4.78, 5) is 24.5. The lowest BCUT2D eigenvalue weighted by Crippen LogP contribution is -2.20. The van der Waals surface area contributed by atoms with Crippen LogP contribution in [0.1, 0.15) is 15.9 Å². The number of rotatable bonds is 9. The molecule has 0 saturated carbocycles. The molecule has 0 aromatic heterocycles. The molecule has 3 aromatic rings. The molecule has 1 N–H and O–H groups in total. The van der Waals surface area contributed by atoms with Gasteiger partial charge in [0.05, 0.1) is 24.9 Å². The predicted octanol–water partition coefficient (Wildman–Crippen LogP) is 5.41. The largest absolute Gasteiger partial charge is 0.494 e. The molecule has 170 valence electrons. The average molecular weight is 470 g/mol. The van der Waals surface area contributed by atoms with Crippen LogP contribution in [0.3, 0.4) is 0 Å². The summed E-state index contributed by atoms with van der Waals surface area (Å²) < 4.78 is 29.6. The van der Waals surface area contributed by atoms with Crippen LogP contribution in [0.5, 0.6) is 17.2 Å². The molecule has 0 aliphatic heterocycles. The van der Waals surface area contributed by atoms with Crippen LogP contribution in [0.4, 0.5) is 10.1 Å². The Morgan fingerprint density at radius 2 is 1.70 bits per heavy atom. The zero-order valence-electron chi connectivity index (χ0n) is 17.9. The predicted molar refractivity (Wildman–Crippen MR) is 125 cm³/mol. The van der Waals surface area contributed by atoms with Crippen LogP contribution >= 0.6 is 11.6 Å². The standard InChI is InChI=1S/C25H21ClFNO5/c1-31-22-12-9-17(14-19(22)27)21(29)10-7-16-8-11-23(24(13-16)32-2)33-15-25(30)28-20-6-4-3-5-18(20)26/h3-14H,15H2,1-2H3,(H,28,30)/b10-7+. The first-order valence-corrected chi connectivity index (χ1v) is 10.2. The van der Waals surface area contributed by atoms with E-state index in [0.29, 0.717) is 27.8 Å². The molecule has 33 heavy (non-hydrogen) atoms. The molecule has 3 rings (SSSR count). The number of carbonyl (C=O) groups excluding carboxylic acids is 2. The van der Waals surface area contributed by atoms with E-state index in [9.17, 15) is 14.0 Å². The highest BCUT2D eigenvalue weighted by Crippen LogP contribution is 2.29. The molecule has 1 amide bonds. The number of carbonyl (C=O) groups is 2. The van der Waals surface area contributed by atoms with E-state index in [1.54, 1.807) is 48.5 Å². The van der Waals surface area contributed by atoms with Crippen molar-refractivity contribution in [2.75, 3.05) is 26.1 Å². The number of ether oxygens (including phenoxy) is 3. The second-order valence-corrected chi connectivity index (χ2v) is 7.18. The Bertz CT molecular complexity index is 1200. The number of ketones is 1. The minimum atomic E-state index is -0.613. The highest BCUT2D eigenvalue weighted by Gasteiger charge is 2.11. The summed E-state index contributed by atoms with van der Waals surface area (Å²) in [5, 5.41) is 3.09. The molecular formula is C25H21ClFNO5. The number of para-hydroxylation sites is 1. The number of amides is 1. The second kappa shape index (κ2) is 11.2. The van der Waals surface area contributed by atoms with E-state index < -0.39 is 5.82 Å². The Balaban J connectivity index is 1.64. The maximum absolute atomic E-state index is 13.8. The monoisotopic (exact) mass is 469 g/mol. The first-order chi connectivity index (χ1) is 15.9. The molecular weight excluding hydrogens is 449 g/mol. The van der Waals surface area contributed by atoms with Crippen LogP contribution in [-0.4, -0.2) is 32.5 Å². The molecule has 8 heteroatoms. The van der Waals surface area contributed by atoms with Gasteiger partial charge in [-0.05, 0) is 54.1 Å². The summed E-state index contributed by atoms with van der Waals surface area (Å²) in [6.45, 7) is -0.252. The van der Waals surface area contributed by atoms with Gasteiger partial charge in [-0.25, -0.2) is 4.39 Å². The molecule has 0 heterocycles. The van der Waals surface area contributed by atoms with E-state index in [1.165, 1.54) is 32.4 Å². The van der Waals surface area contributed by atoms with Gasteiger partial charge in [0.25, 0.3) is 5.91 Å². The van der Waals surface area contributed by atoms with Crippen molar-refractivity contribution in [1.29, 1.82) is 0 Å². The number of anilines is 1. The Hall–Kier alpha value is -3.84. The maximum Gasteiger partial charge on any atom is 0.262 e. The maximum atomic E-state index is 13.8. The Kier molecular flexibility index (Phi) is 8.05. The third-order valence-electron chi connectivity index (χ3n) is 4.56. The normalized spacial score (nSPS) is 10.7. The number of hydrogen-bond donors (Lipinski definition) is 1. The third kappa shape index (κ3) is 6.33. The first kappa shape index (κ1) is 23.8. The van der Waals surface area contributed by atoms with Gasteiger partial charge in [-0.2, -0.15) is 0 Å². The molecule has 0 fully saturated rings. The summed E-state index contributed by atoms with van der Waals surface area (Å²) in [6.07, 6.45) is 2.90. The van der Waals surface area contributed by atoms with Crippen LogP contribution < -0.4 is 19.5 Å². The van der Waals surface area contributed by atoms with Gasteiger partial charge in [0.1, 0.15) is 0 Å². The fourth-order valence-corrected chi connectivity index (χ4v) is 3.07. The van der Waals surface area contributed by atoms with E-state index in [2.05, 4.69) is 5.32 Å². The Morgan fingerprint density at radius 3 is 2.39 bits per heavy atom. The van der Waals surface area contributed by atoms with E-state index >= 15 is 0 Å². The average Bonchev–Trinajstić information content (AvgIpc) is 2.82. The van der Waals surface area contributed by atoms with Crippen molar-refractivity contribution >= 4 is 35.1 Å². The molecule has 0 radical (unpaired) electrons. The van der Waals surface area contributed by atoms with Gasteiger partial charge < -0.3 is 19.5 Å². The molecule has 0 aliphatic rings. The van der Waals surface area contributed by atoms with E-state index in [-0.39, 0.29) is 29.6 Å². The SMILES string of the molecule is COc1ccc(C(=O)/C=C/c2ccc(OCC(=O)Nc3ccccc3Cl)c(OC)c2)cc1F. The molecule has 0 unspecified atom stereocenters. The summed E-state index contributed by atoms with van der Waals surface area (Å²) in [5.74, 6) is -0.563. The topological polar surface area (TPSA) is 73.9 Å². The van der Waals surface area contributed by atoms with Gasteiger partial charge in [-0.3, -0.25) is 9.59 Å². The van der Waals surface area contributed by atoms with Crippen molar-refractivity contribution < 1.29 is 28.2 Å². The number of methoxy groups -OCH3 is 2. The minimum absolute atomic E-state index is 0.0661. The third-order valence-corrected chi connectivity index (χ3v) is 4.89. The number of nitrogens with one attached hydrogen (secondary N) is 1. The zero-order chi connectivity index (χ0) is 23.8. The minimum Gasteiger partial charge on any atom is -0.494 e. The lowest BCUT2D eigenvalue weighted by Gasteiger charge is -2.12. The van der Waals surface area contributed by atoms with Gasteiger partial charge in [-0.15, -0.1) is 0 Å². The van der Waals surface area contributed by atoms with Crippen molar-refractivity contribution in [1.82, 2.24) is 0 Å². The number of benzene rings is 3. The number of allylic oxidation sites excluding steroid dienone is 1. The highest BCUT2D eigenvalue weighted by atomic mass is 35.5. The Labute approximate surface area is 195 Å². The van der Waals surface area contributed by atoms with Gasteiger partial charge in [0, 0.05) is 5.56 Å². The lowest BCUT2D eigenvalue weighted by molar-refractivity contribution is -0.118. The van der Waals surface area contributed by atoms with Crippen LogP contribution in [0.15, 0.2) is 66.7 Å². The van der Waals surface area contributed by atoms with E-state index in [1.807, 2.05) is 0 Å². The van der Waals surface area contributed by atoms with Gasteiger partial charge in [0.15, 0.2) is 35.5 Å². The van der Waals surface area contributed by atoms with Crippen LogP contribution in [-0.2, 0) is 4.79 Å². The van der Waals surface area contributed by atoms with Crippen molar-refractivity contribution in [2.45, 2.75) is 0 Å². The highest BCUT2D eigenvalue weighted by molar-refractivity contribution is 6.33. The van der Waals surface area contributed by atoms with Crippen molar-refractivity contribution in [3.05, 3.63) is 88.7 Å². The van der Waals surface area contributed by atoms with E-state index in [4.69, 9.17) is 25.8 Å². The van der Waals surface area contributed by atoms with Crippen LogP contribution in [0, 0.1) is 5.82 Å². The fraction of sp³-hybridized carbons (Fsp3) is 0.120. The van der Waals surface area contributed by atoms with Gasteiger partial charge in [-0.1, -0.05) is 35.9 Å². The Morgan fingerprint density at radius 1 is 0.970 bits per heavy atom. The van der Waals surface area contributed by atoms with E-state index in [0.717, 1.165) is 6.07 Å². The van der Waals surface area contributed by atoms with Gasteiger partial charge in [0.2, 0.25) is 0 Å². The first-order valence-electron chi connectivity index (χ1n) is 9.82. The van der Waals surface area contributed by atoms with Crippen molar-refractivity contribution in [2.24, 2.45) is 0 Å². The summed E-state index contributed by atoms with van der Waals surface area (Å²) in [7, 11) is 2.82. The zero-order valence-corrected chi connectivity index (χ0v) is 18.7. The summed E-state index contributed by atoms with van der Waals surface area (Å²) >= 11 is 6.03. The molecule has 0 bridgehead atoms. The number of hydrogen-bond acceptors (Lipinski definition) is 5. The lowest BCUT2D eigenvalue weighted by atomic mass is 10.1. The fourth-order valence-electron chi connectivity index (χ4n) is 2.89. The van der Waals surface area contributed by atoms with Crippen molar-refractivity contribution in [3.8, 4) is 17.2 Å².